The van der Waals surface area contributed by atoms with Crippen molar-refractivity contribution in [3.8, 4) is 11.3 Å². The Bertz CT molecular complexity index is 947. The molecule has 31 heavy (non-hydrogen) atoms. The van der Waals surface area contributed by atoms with E-state index < -0.39 is 23.7 Å². The molecule has 0 radical (unpaired) electrons. The van der Waals surface area contributed by atoms with Crippen molar-refractivity contribution in [3.05, 3.63) is 47.4 Å². The molecule has 9 heteroatoms. The first-order valence-electron chi connectivity index (χ1n) is 10.0. The smallest absolute Gasteiger partial charge is 0.411 e. The molecule has 1 aromatic carbocycles. The van der Waals surface area contributed by atoms with E-state index in [-0.39, 0.29) is 5.28 Å². The molecule has 0 aliphatic carbocycles. The van der Waals surface area contributed by atoms with Gasteiger partial charge in [0.1, 0.15) is 11.6 Å². The second-order valence-electron chi connectivity index (χ2n) is 8.36. The first-order valence-corrected chi connectivity index (χ1v) is 10.4. The summed E-state index contributed by atoms with van der Waals surface area (Å²) in [5.41, 5.74) is 2.09. The Morgan fingerprint density at radius 1 is 1.23 bits per heavy atom. The molecule has 1 amide bonds. The van der Waals surface area contributed by atoms with Crippen molar-refractivity contribution in [1.29, 1.82) is 0 Å². The molecule has 0 bridgehead atoms. The molecule has 1 atom stereocenters. The highest BCUT2D eigenvalue weighted by Crippen LogP contribution is 2.22. The molecule has 1 unspecified atom stereocenters. The van der Waals surface area contributed by atoms with Gasteiger partial charge in [-0.25, -0.2) is 19.6 Å². The number of ether oxygens (including phenoxy) is 2. The van der Waals surface area contributed by atoms with Crippen molar-refractivity contribution in [1.82, 2.24) is 19.8 Å². The number of amides is 1. The van der Waals surface area contributed by atoms with E-state index in [1.165, 1.54) is 12.0 Å². The van der Waals surface area contributed by atoms with Crippen LogP contribution in [0, 0.1) is 0 Å². The number of esters is 1. The number of aromatic nitrogens is 2. The molecule has 1 aromatic heterocycles. The first kappa shape index (κ1) is 23.0. The maximum Gasteiger partial charge on any atom is 0.411 e. The van der Waals surface area contributed by atoms with Crippen LogP contribution >= 0.6 is 11.6 Å². The normalized spacial score (nSPS) is 17.3. The maximum atomic E-state index is 12.6. The van der Waals surface area contributed by atoms with Crippen LogP contribution in [-0.4, -0.2) is 70.2 Å². The summed E-state index contributed by atoms with van der Waals surface area (Å²) in [6.07, 6.45) is 1.11. The second kappa shape index (κ2) is 9.62. The van der Waals surface area contributed by atoms with Crippen LogP contribution < -0.4 is 0 Å². The number of carbonyl (C=O) groups is 2. The number of benzene rings is 1. The molecule has 0 spiro atoms. The molecule has 1 aliphatic heterocycles. The Kier molecular flexibility index (Phi) is 7.12. The first-order chi connectivity index (χ1) is 14.7. The van der Waals surface area contributed by atoms with Crippen LogP contribution in [-0.2, 0) is 20.8 Å². The minimum absolute atomic E-state index is 0.196. The van der Waals surface area contributed by atoms with Gasteiger partial charge in [0.15, 0.2) is 0 Å². The Hall–Kier alpha value is -2.71. The van der Waals surface area contributed by atoms with Crippen LogP contribution in [0.15, 0.2) is 36.5 Å². The lowest BCUT2D eigenvalue weighted by atomic mass is 10.1. The molecule has 8 nitrogen and oxygen atoms in total. The van der Waals surface area contributed by atoms with Crippen molar-refractivity contribution >= 4 is 23.7 Å². The molecular formula is C22H27ClN4O4. The van der Waals surface area contributed by atoms with Gasteiger partial charge in [-0.2, -0.15) is 0 Å². The molecule has 2 aromatic rings. The Morgan fingerprint density at radius 2 is 2.00 bits per heavy atom. The summed E-state index contributed by atoms with van der Waals surface area (Å²) < 4.78 is 10.4. The lowest BCUT2D eigenvalue weighted by Gasteiger charge is -2.40. The van der Waals surface area contributed by atoms with Crippen molar-refractivity contribution in [2.45, 2.75) is 39.0 Å². The van der Waals surface area contributed by atoms with Gasteiger partial charge in [-0.05, 0) is 50.1 Å². The van der Waals surface area contributed by atoms with Crippen LogP contribution in [0.3, 0.4) is 0 Å². The van der Waals surface area contributed by atoms with E-state index >= 15 is 0 Å². The SMILES string of the molecule is COC(=O)C1CN(Cc2cccc(-c3ccnc(Cl)n3)c2)CCN1C(=O)OC(C)(C)C. The number of halogens is 1. The van der Waals surface area contributed by atoms with Gasteiger partial charge in [-0.15, -0.1) is 0 Å². The van der Waals surface area contributed by atoms with Gasteiger partial charge in [0.2, 0.25) is 5.28 Å². The summed E-state index contributed by atoms with van der Waals surface area (Å²) in [6, 6.07) is 9.04. The van der Waals surface area contributed by atoms with Crippen LogP contribution in [0.25, 0.3) is 11.3 Å². The maximum absolute atomic E-state index is 12.6. The fraction of sp³-hybridized carbons (Fsp3) is 0.455. The van der Waals surface area contributed by atoms with E-state index in [1.54, 1.807) is 33.0 Å². The number of methoxy groups -OCH3 is 1. The number of hydrogen-bond acceptors (Lipinski definition) is 7. The quantitative estimate of drug-likeness (QED) is 0.525. The molecule has 3 rings (SSSR count). The minimum atomic E-state index is -0.725. The van der Waals surface area contributed by atoms with E-state index in [2.05, 4.69) is 14.9 Å². The predicted molar refractivity (Wildman–Crippen MR) is 116 cm³/mol. The average molecular weight is 447 g/mol. The molecule has 2 heterocycles. The van der Waals surface area contributed by atoms with Gasteiger partial charge in [0, 0.05) is 37.9 Å². The lowest BCUT2D eigenvalue weighted by Crippen LogP contribution is -2.59. The Morgan fingerprint density at radius 3 is 2.68 bits per heavy atom. The number of rotatable bonds is 4. The highest BCUT2D eigenvalue weighted by atomic mass is 35.5. The summed E-state index contributed by atoms with van der Waals surface area (Å²) in [5.74, 6) is -0.458. The highest BCUT2D eigenvalue weighted by molar-refractivity contribution is 6.28. The predicted octanol–water partition coefficient (Wildman–Crippen LogP) is 3.39. The van der Waals surface area contributed by atoms with Crippen molar-refractivity contribution < 1.29 is 19.1 Å². The Labute approximate surface area is 187 Å². The summed E-state index contributed by atoms with van der Waals surface area (Å²) in [5, 5.41) is 0.196. The fourth-order valence-corrected chi connectivity index (χ4v) is 3.59. The van der Waals surface area contributed by atoms with Gasteiger partial charge in [0.25, 0.3) is 0 Å². The number of nitrogens with zero attached hydrogens (tertiary/aromatic N) is 4. The van der Waals surface area contributed by atoms with E-state index in [4.69, 9.17) is 21.1 Å². The van der Waals surface area contributed by atoms with Crippen molar-refractivity contribution in [3.63, 3.8) is 0 Å². The van der Waals surface area contributed by atoms with Gasteiger partial charge in [-0.3, -0.25) is 9.80 Å². The zero-order valence-corrected chi connectivity index (χ0v) is 18.9. The number of carbonyl (C=O) groups excluding carboxylic acids is 2. The third-order valence-corrected chi connectivity index (χ3v) is 5.00. The number of hydrogen-bond donors (Lipinski definition) is 0. The van der Waals surface area contributed by atoms with E-state index in [9.17, 15) is 9.59 Å². The highest BCUT2D eigenvalue weighted by Gasteiger charge is 2.38. The molecule has 0 saturated carbocycles. The average Bonchev–Trinajstić information content (AvgIpc) is 2.72. The van der Waals surface area contributed by atoms with E-state index in [1.807, 2.05) is 24.3 Å². The summed E-state index contributed by atoms with van der Waals surface area (Å²) in [6.45, 7) is 7.34. The Balaban J connectivity index is 1.73. The van der Waals surface area contributed by atoms with Crippen molar-refractivity contribution in [2.75, 3.05) is 26.7 Å². The zero-order valence-electron chi connectivity index (χ0n) is 18.2. The van der Waals surface area contributed by atoms with E-state index in [0.29, 0.717) is 26.2 Å². The summed E-state index contributed by atoms with van der Waals surface area (Å²) >= 11 is 5.91. The molecule has 1 aliphatic rings. The molecule has 1 saturated heterocycles. The van der Waals surface area contributed by atoms with E-state index in [0.717, 1.165) is 16.8 Å². The molecule has 166 valence electrons. The van der Waals surface area contributed by atoms with Crippen LogP contribution in [0.2, 0.25) is 5.28 Å². The molecule has 1 fully saturated rings. The lowest BCUT2D eigenvalue weighted by molar-refractivity contribution is -0.149. The van der Waals surface area contributed by atoms with Gasteiger partial charge in [-0.1, -0.05) is 18.2 Å². The van der Waals surface area contributed by atoms with Gasteiger partial charge < -0.3 is 9.47 Å². The summed E-state index contributed by atoms with van der Waals surface area (Å²) in [4.78, 5) is 36.7. The van der Waals surface area contributed by atoms with Crippen molar-refractivity contribution in [2.24, 2.45) is 0 Å². The fourth-order valence-electron chi connectivity index (χ4n) is 3.44. The zero-order chi connectivity index (χ0) is 22.6. The minimum Gasteiger partial charge on any atom is -0.467 e. The molecule has 0 N–H and O–H groups in total. The standard InChI is InChI=1S/C22H27ClN4O4/c1-22(2,3)31-21(29)27-11-10-26(14-18(27)19(28)30-4)13-15-6-5-7-16(12-15)17-8-9-24-20(23)25-17/h5-9,12,18H,10-11,13-14H2,1-4H3. The van der Waals surface area contributed by atoms with Crippen LogP contribution in [0.4, 0.5) is 4.79 Å². The largest absolute Gasteiger partial charge is 0.467 e. The van der Waals surface area contributed by atoms with Gasteiger partial charge >= 0.3 is 12.1 Å². The third-order valence-electron chi connectivity index (χ3n) is 4.82. The van der Waals surface area contributed by atoms with Crippen LogP contribution in [0.1, 0.15) is 26.3 Å². The van der Waals surface area contributed by atoms with Gasteiger partial charge in [0.05, 0.1) is 12.8 Å². The topological polar surface area (TPSA) is 84.9 Å². The number of piperazine rings is 1. The second-order valence-corrected chi connectivity index (χ2v) is 8.70. The molecular weight excluding hydrogens is 420 g/mol. The van der Waals surface area contributed by atoms with Crippen LogP contribution in [0.5, 0.6) is 0 Å². The summed E-state index contributed by atoms with van der Waals surface area (Å²) in [7, 11) is 1.32. The monoisotopic (exact) mass is 446 g/mol. The third kappa shape index (κ3) is 6.15.